The van der Waals surface area contributed by atoms with E-state index >= 15 is 0 Å². The molecule has 108 valence electrons. The number of rotatable bonds is 7. The molecule has 1 rings (SSSR count). The van der Waals surface area contributed by atoms with Crippen LogP contribution in [-0.4, -0.2) is 40.6 Å². The lowest BCUT2D eigenvalue weighted by molar-refractivity contribution is 0.0965. The molecule has 1 heterocycles. The molecule has 0 aromatic heterocycles. The van der Waals surface area contributed by atoms with Gasteiger partial charge in [-0.3, -0.25) is 4.90 Å². The highest BCUT2D eigenvalue weighted by molar-refractivity contribution is 8.00. The maximum Gasteiger partial charge on any atom is 0.0304 e. The molecule has 0 amide bonds. The molecule has 0 aromatic rings. The van der Waals surface area contributed by atoms with E-state index in [4.69, 9.17) is 5.73 Å². The number of hydrogen-bond donors (Lipinski definition) is 1. The zero-order chi connectivity index (χ0) is 13.6. The highest BCUT2D eigenvalue weighted by Gasteiger charge is 2.34. The molecule has 0 spiro atoms. The maximum atomic E-state index is 6.10. The van der Waals surface area contributed by atoms with Crippen LogP contribution in [0.15, 0.2) is 0 Å². The number of nitrogens with zero attached hydrogens (tertiary/aromatic N) is 1. The first-order chi connectivity index (χ1) is 8.51. The van der Waals surface area contributed by atoms with Crippen LogP contribution in [0.3, 0.4) is 0 Å². The lowest BCUT2D eigenvalue weighted by Gasteiger charge is -2.46. The van der Waals surface area contributed by atoms with Gasteiger partial charge in [0.05, 0.1) is 0 Å². The smallest absolute Gasteiger partial charge is 0.0304 e. The molecule has 0 saturated carbocycles. The zero-order valence-corrected chi connectivity index (χ0v) is 13.6. The van der Waals surface area contributed by atoms with Gasteiger partial charge in [0.25, 0.3) is 0 Å². The average Bonchev–Trinajstić information content (AvgIpc) is 2.33. The minimum atomic E-state index is 0.219. The molecule has 2 nitrogen and oxygen atoms in total. The summed E-state index contributed by atoms with van der Waals surface area (Å²) < 4.78 is 0. The summed E-state index contributed by atoms with van der Waals surface area (Å²) in [4.78, 5) is 2.66. The van der Waals surface area contributed by atoms with Crippen molar-refractivity contribution in [3.63, 3.8) is 0 Å². The van der Waals surface area contributed by atoms with Crippen molar-refractivity contribution in [2.45, 2.75) is 75.8 Å². The van der Waals surface area contributed by atoms with Crippen LogP contribution in [0.4, 0.5) is 0 Å². The normalized spacial score (nSPS) is 29.2. The van der Waals surface area contributed by atoms with Gasteiger partial charge in [0.1, 0.15) is 0 Å². The van der Waals surface area contributed by atoms with Crippen LogP contribution in [-0.2, 0) is 0 Å². The maximum absolute atomic E-state index is 6.10. The van der Waals surface area contributed by atoms with Crippen molar-refractivity contribution in [2.24, 2.45) is 5.73 Å². The molecule has 1 fully saturated rings. The topological polar surface area (TPSA) is 29.3 Å². The molecule has 1 aliphatic heterocycles. The van der Waals surface area contributed by atoms with Crippen molar-refractivity contribution in [2.75, 3.05) is 19.6 Å². The van der Waals surface area contributed by atoms with E-state index in [1.807, 2.05) is 0 Å². The molecule has 0 aliphatic carbocycles. The van der Waals surface area contributed by atoms with Gasteiger partial charge in [-0.25, -0.2) is 0 Å². The Kier molecular flexibility index (Phi) is 7.04. The molecule has 2 N–H and O–H groups in total. The summed E-state index contributed by atoms with van der Waals surface area (Å²) in [6, 6.07) is 0. The Morgan fingerprint density at radius 2 is 1.78 bits per heavy atom. The summed E-state index contributed by atoms with van der Waals surface area (Å²) in [7, 11) is 0. The molecule has 3 heteroatoms. The molecule has 0 radical (unpaired) electrons. The Hall–Kier alpha value is 0.270. The molecular weight excluding hydrogens is 240 g/mol. The fraction of sp³-hybridized carbons (Fsp3) is 1.00. The second kappa shape index (κ2) is 7.76. The van der Waals surface area contributed by atoms with E-state index in [2.05, 4.69) is 44.4 Å². The number of thioether (sulfide) groups is 1. The van der Waals surface area contributed by atoms with Gasteiger partial charge in [-0.05, 0) is 13.3 Å². The average molecular weight is 273 g/mol. The number of hydrogen-bond acceptors (Lipinski definition) is 3. The fourth-order valence-electron chi connectivity index (χ4n) is 2.94. The molecule has 1 aliphatic rings. The third-order valence-electron chi connectivity index (χ3n) is 4.19. The summed E-state index contributed by atoms with van der Waals surface area (Å²) in [6.45, 7) is 12.5. The third kappa shape index (κ3) is 4.75. The van der Waals surface area contributed by atoms with Crippen LogP contribution in [0.25, 0.3) is 0 Å². The van der Waals surface area contributed by atoms with E-state index in [1.165, 1.54) is 45.2 Å². The van der Waals surface area contributed by atoms with Gasteiger partial charge in [0, 0.05) is 35.7 Å². The predicted molar refractivity (Wildman–Crippen MR) is 84.3 cm³/mol. The molecule has 0 bridgehead atoms. The van der Waals surface area contributed by atoms with Gasteiger partial charge in [-0.1, -0.05) is 46.5 Å². The van der Waals surface area contributed by atoms with Crippen molar-refractivity contribution in [1.29, 1.82) is 0 Å². The Labute approximate surface area is 118 Å². The Bertz CT molecular complexity index is 225. The fourth-order valence-corrected chi connectivity index (χ4v) is 4.27. The minimum Gasteiger partial charge on any atom is -0.329 e. The van der Waals surface area contributed by atoms with Crippen LogP contribution >= 0.6 is 11.8 Å². The van der Waals surface area contributed by atoms with Gasteiger partial charge < -0.3 is 5.73 Å². The molecule has 18 heavy (non-hydrogen) atoms. The molecule has 0 aromatic carbocycles. The van der Waals surface area contributed by atoms with Crippen LogP contribution in [0.2, 0.25) is 0 Å². The Morgan fingerprint density at radius 1 is 1.17 bits per heavy atom. The third-order valence-corrected chi connectivity index (χ3v) is 5.42. The van der Waals surface area contributed by atoms with E-state index in [1.54, 1.807) is 0 Å². The van der Waals surface area contributed by atoms with Crippen LogP contribution in [0, 0.1) is 0 Å². The van der Waals surface area contributed by atoms with Crippen LogP contribution in [0.1, 0.15) is 59.8 Å². The standard InChI is InChI=1S/C15H32N2S/c1-5-6-7-8-9-15(4,12-16)17-10-13(2)18-14(3)11-17/h13-14H,5-12,16H2,1-4H3. The summed E-state index contributed by atoms with van der Waals surface area (Å²) >= 11 is 2.12. The van der Waals surface area contributed by atoms with E-state index in [0.29, 0.717) is 0 Å². The lowest BCUT2D eigenvalue weighted by Crippen LogP contribution is -2.57. The van der Waals surface area contributed by atoms with Crippen molar-refractivity contribution in [1.82, 2.24) is 4.90 Å². The Morgan fingerprint density at radius 3 is 2.28 bits per heavy atom. The monoisotopic (exact) mass is 272 g/mol. The number of unbranched alkanes of at least 4 members (excludes halogenated alkanes) is 3. The van der Waals surface area contributed by atoms with Crippen molar-refractivity contribution in [3.05, 3.63) is 0 Å². The summed E-state index contributed by atoms with van der Waals surface area (Å²) in [5.74, 6) is 0. The lowest BCUT2D eigenvalue weighted by atomic mass is 9.91. The zero-order valence-electron chi connectivity index (χ0n) is 12.7. The minimum absolute atomic E-state index is 0.219. The second-order valence-corrected chi connectivity index (χ2v) is 8.06. The summed E-state index contributed by atoms with van der Waals surface area (Å²) in [5.41, 5.74) is 6.31. The first-order valence-corrected chi connectivity index (χ1v) is 8.56. The van der Waals surface area contributed by atoms with E-state index in [9.17, 15) is 0 Å². The van der Waals surface area contributed by atoms with E-state index in [-0.39, 0.29) is 5.54 Å². The highest BCUT2D eigenvalue weighted by Crippen LogP contribution is 2.31. The number of nitrogens with two attached hydrogens (primary N) is 1. The van der Waals surface area contributed by atoms with Crippen molar-refractivity contribution >= 4 is 11.8 Å². The summed E-state index contributed by atoms with van der Waals surface area (Å²) in [5, 5.41) is 1.49. The quantitative estimate of drug-likeness (QED) is 0.719. The SMILES string of the molecule is CCCCCCC(C)(CN)N1CC(C)SC(C)C1. The van der Waals surface area contributed by atoms with Crippen molar-refractivity contribution < 1.29 is 0 Å². The summed E-state index contributed by atoms with van der Waals surface area (Å²) in [6.07, 6.45) is 6.62. The van der Waals surface area contributed by atoms with Crippen LogP contribution < -0.4 is 5.73 Å². The van der Waals surface area contributed by atoms with E-state index in [0.717, 1.165) is 17.0 Å². The van der Waals surface area contributed by atoms with Crippen LogP contribution in [0.5, 0.6) is 0 Å². The predicted octanol–water partition coefficient (Wildman–Crippen LogP) is 3.50. The largest absolute Gasteiger partial charge is 0.329 e. The van der Waals surface area contributed by atoms with Gasteiger partial charge in [-0.15, -0.1) is 0 Å². The van der Waals surface area contributed by atoms with Gasteiger partial charge in [0.15, 0.2) is 0 Å². The molecule has 1 saturated heterocycles. The van der Waals surface area contributed by atoms with Crippen molar-refractivity contribution in [3.8, 4) is 0 Å². The first kappa shape index (κ1) is 16.3. The van der Waals surface area contributed by atoms with Gasteiger partial charge in [0.2, 0.25) is 0 Å². The van der Waals surface area contributed by atoms with Gasteiger partial charge >= 0.3 is 0 Å². The Balaban J connectivity index is 2.50. The van der Waals surface area contributed by atoms with Gasteiger partial charge in [-0.2, -0.15) is 11.8 Å². The van der Waals surface area contributed by atoms with E-state index < -0.39 is 0 Å². The molecular formula is C15H32N2S. The molecule has 3 atom stereocenters. The molecule has 3 unspecified atom stereocenters. The second-order valence-electron chi connectivity index (χ2n) is 6.17. The highest BCUT2D eigenvalue weighted by atomic mass is 32.2. The first-order valence-electron chi connectivity index (χ1n) is 7.62.